The molecule has 13 nitrogen and oxygen atoms in total. The Morgan fingerprint density at radius 2 is 1.86 bits per heavy atom. The Hall–Kier alpha value is -4.70. The number of hydrogen-bond acceptors (Lipinski definition) is 9. The van der Waals surface area contributed by atoms with Crippen LogP contribution in [0.1, 0.15) is 60.9 Å². The summed E-state index contributed by atoms with van der Waals surface area (Å²) in [5, 5.41) is 10.3. The highest BCUT2D eigenvalue weighted by atomic mass is 79.9. The lowest BCUT2D eigenvalue weighted by Gasteiger charge is -2.27. The summed E-state index contributed by atoms with van der Waals surface area (Å²) in [4.78, 5) is 68.0. The molecule has 1 aromatic carbocycles. The molecule has 3 atom stereocenters. The van der Waals surface area contributed by atoms with Gasteiger partial charge in [0, 0.05) is 66.9 Å². The van der Waals surface area contributed by atoms with Gasteiger partial charge < -0.3 is 20.3 Å². The van der Waals surface area contributed by atoms with Gasteiger partial charge in [-0.1, -0.05) is 12.1 Å². The number of hydrogen-bond donors (Lipinski definition) is 2. The van der Waals surface area contributed by atoms with Gasteiger partial charge in [-0.3, -0.25) is 23.9 Å². The number of likely N-dealkylation sites (tertiary alicyclic amines) is 1. The highest BCUT2D eigenvalue weighted by Gasteiger charge is 2.67. The summed E-state index contributed by atoms with van der Waals surface area (Å²) in [6.07, 6.45) is 3.70. The lowest BCUT2D eigenvalue weighted by atomic mass is 9.98. The van der Waals surface area contributed by atoms with Crippen molar-refractivity contribution in [3.05, 3.63) is 64.4 Å². The van der Waals surface area contributed by atoms with Crippen LogP contribution in [0, 0.1) is 12.3 Å². The van der Waals surface area contributed by atoms with Crippen molar-refractivity contribution in [2.75, 3.05) is 18.5 Å². The van der Waals surface area contributed by atoms with Crippen molar-refractivity contribution in [2.24, 2.45) is 5.41 Å². The van der Waals surface area contributed by atoms with Gasteiger partial charge in [0.2, 0.25) is 11.8 Å². The number of nitrogens with zero attached hydrogens (tertiary/aromatic N) is 6. The molecule has 0 radical (unpaired) electrons. The molecule has 51 heavy (non-hydrogen) atoms. The van der Waals surface area contributed by atoms with Gasteiger partial charge in [-0.15, -0.1) is 0 Å². The molecule has 1 saturated carbocycles. The largest absolute Gasteiger partial charge is 0.377 e. The van der Waals surface area contributed by atoms with Gasteiger partial charge in [-0.25, -0.2) is 15.0 Å². The first-order chi connectivity index (χ1) is 24.3. The van der Waals surface area contributed by atoms with E-state index in [2.05, 4.69) is 46.6 Å². The molecule has 5 heterocycles. The molecule has 1 aliphatic carbocycles. The van der Waals surface area contributed by atoms with Crippen molar-refractivity contribution in [2.45, 2.75) is 77.1 Å². The number of anilines is 1. The first-order valence-corrected chi connectivity index (χ1v) is 17.5. The summed E-state index contributed by atoms with van der Waals surface area (Å²) in [7, 11) is 0. The van der Waals surface area contributed by atoms with Crippen LogP contribution in [-0.4, -0.2) is 84.3 Å². The van der Waals surface area contributed by atoms with E-state index in [0.717, 1.165) is 11.1 Å². The van der Waals surface area contributed by atoms with Gasteiger partial charge in [-0.2, -0.15) is 13.9 Å². The Morgan fingerprint density at radius 3 is 2.63 bits per heavy atom. The summed E-state index contributed by atoms with van der Waals surface area (Å²) in [5.74, 6) is -5.35. The molecular formula is C35H35BrF2N8O5. The number of halogens is 3. The molecular weight excluding hydrogens is 730 g/mol. The number of carbonyl (C=O) groups excluding carboxylic acids is 4. The number of amides is 3. The van der Waals surface area contributed by atoms with Crippen molar-refractivity contribution >= 4 is 56.2 Å². The summed E-state index contributed by atoms with van der Waals surface area (Å²) in [6.45, 7) is 3.00. The Labute approximate surface area is 299 Å². The summed E-state index contributed by atoms with van der Waals surface area (Å²) in [5.41, 5.74) is 2.02. The van der Waals surface area contributed by atoms with Gasteiger partial charge in [0.05, 0.1) is 12.1 Å². The molecule has 2 aliphatic heterocycles. The fourth-order valence-corrected chi connectivity index (χ4v) is 7.39. The molecule has 3 aromatic heterocycles. The first kappa shape index (κ1) is 34.7. The molecule has 2 N–H and O–H groups in total. The van der Waals surface area contributed by atoms with E-state index in [1.807, 2.05) is 6.07 Å². The molecule has 3 amide bonds. The quantitative estimate of drug-likeness (QED) is 0.223. The topological polar surface area (TPSA) is 161 Å². The Morgan fingerprint density at radius 1 is 1.08 bits per heavy atom. The van der Waals surface area contributed by atoms with Crippen molar-refractivity contribution in [3.63, 3.8) is 0 Å². The second-order valence-electron chi connectivity index (χ2n) is 13.4. The number of aromatic nitrogens is 5. The molecule has 0 unspecified atom stereocenters. The highest BCUT2D eigenvalue weighted by Crippen LogP contribution is 2.59. The molecule has 4 aromatic rings. The normalized spacial score (nSPS) is 23.5. The van der Waals surface area contributed by atoms with Crippen LogP contribution >= 0.6 is 15.9 Å². The summed E-state index contributed by atoms with van der Waals surface area (Å²) >= 11 is 3.35. The second-order valence-corrected chi connectivity index (χ2v) is 14.3. The molecule has 3 aliphatic rings. The van der Waals surface area contributed by atoms with Crippen LogP contribution in [-0.2, 0) is 32.3 Å². The highest BCUT2D eigenvalue weighted by molar-refractivity contribution is 9.10. The van der Waals surface area contributed by atoms with E-state index in [4.69, 9.17) is 4.74 Å². The minimum absolute atomic E-state index is 0.0656. The molecule has 2 bridgehead atoms. The number of carbonyl (C=O) groups is 4. The maximum atomic E-state index is 14.8. The van der Waals surface area contributed by atoms with E-state index in [1.165, 1.54) is 16.5 Å². The molecule has 1 spiro atoms. The van der Waals surface area contributed by atoms with E-state index in [0.29, 0.717) is 39.7 Å². The van der Waals surface area contributed by atoms with Crippen molar-refractivity contribution < 1.29 is 32.7 Å². The molecule has 16 heteroatoms. The number of piperidine rings is 1. The summed E-state index contributed by atoms with van der Waals surface area (Å²) < 4.78 is 37.2. The third-order valence-corrected chi connectivity index (χ3v) is 10.3. The lowest BCUT2D eigenvalue weighted by molar-refractivity contribution is -0.147. The number of pyridine rings is 1. The van der Waals surface area contributed by atoms with Crippen LogP contribution in [0.2, 0.25) is 0 Å². The van der Waals surface area contributed by atoms with E-state index in [1.54, 1.807) is 43.6 Å². The van der Waals surface area contributed by atoms with Crippen LogP contribution in [0.3, 0.4) is 0 Å². The van der Waals surface area contributed by atoms with E-state index >= 15 is 0 Å². The zero-order valence-corrected chi connectivity index (χ0v) is 29.5. The molecule has 266 valence electrons. The van der Waals surface area contributed by atoms with Crippen LogP contribution in [0.4, 0.5) is 14.6 Å². The Kier molecular flexibility index (Phi) is 9.16. The van der Waals surface area contributed by atoms with E-state index in [9.17, 15) is 28.0 Å². The average molecular weight is 766 g/mol. The van der Waals surface area contributed by atoms with Crippen molar-refractivity contribution in [3.8, 4) is 11.1 Å². The fourth-order valence-electron chi connectivity index (χ4n) is 7.08. The minimum Gasteiger partial charge on any atom is -0.377 e. The maximum absolute atomic E-state index is 14.8. The predicted octanol–water partition coefficient (Wildman–Crippen LogP) is 4.61. The molecule has 1 saturated heterocycles. The van der Waals surface area contributed by atoms with Crippen LogP contribution in [0.5, 0.6) is 0 Å². The van der Waals surface area contributed by atoms with Gasteiger partial charge in [0.25, 0.3) is 5.91 Å². The third-order valence-electron chi connectivity index (χ3n) is 9.90. The monoisotopic (exact) mass is 764 g/mol. The van der Waals surface area contributed by atoms with Gasteiger partial charge in [0.1, 0.15) is 34.5 Å². The Bertz CT molecular complexity index is 2060. The maximum Gasteiger partial charge on any atom is 0.324 e. The number of aryl methyl sites for hydroxylation is 1. The number of ketones is 1. The third kappa shape index (κ3) is 6.86. The van der Waals surface area contributed by atoms with Crippen LogP contribution in [0.15, 0.2) is 47.3 Å². The lowest BCUT2D eigenvalue weighted by Crippen LogP contribution is -2.47. The van der Waals surface area contributed by atoms with E-state index in [-0.39, 0.29) is 56.4 Å². The average Bonchev–Trinajstić information content (AvgIpc) is 3.51. The minimum atomic E-state index is -3.58. The molecule has 7 rings (SSSR count). The number of benzene rings is 1. The smallest absolute Gasteiger partial charge is 0.324 e. The summed E-state index contributed by atoms with van der Waals surface area (Å²) in [6, 6.07) is 7.34. The second kappa shape index (κ2) is 13.5. The standard InChI is InChI=1S/C35H35BrF2N8O5/c1-19(47)30-24-11-21(23-14-39-20(2)40-15-23)5-7-25(24)45(44-30)16-29(48)46-26-12-34(13-27(34)46)18-41-33(50)35(37,38)9-3-4-10-51-17-22-6-8-28(36)42-31(22)43-32(26)49/h5-8,11,14-15,26-27H,3-4,9-10,12-13,16-18H2,1-2H3,(H,41,50)(H,42,43,49)/t26-,27+,34-/m0/s1. The van der Waals surface area contributed by atoms with Gasteiger partial charge in [0.15, 0.2) is 5.78 Å². The fraction of sp³-hybridized carbons (Fsp3) is 0.429. The Balaban J connectivity index is 1.20. The number of nitrogens with one attached hydrogen (secondary N) is 2. The number of fused-ring (bicyclic) bond motifs is 3. The predicted molar refractivity (Wildman–Crippen MR) is 184 cm³/mol. The van der Waals surface area contributed by atoms with Gasteiger partial charge in [-0.05, 0) is 72.3 Å². The number of alkyl halides is 2. The zero-order chi connectivity index (χ0) is 36.1. The van der Waals surface area contributed by atoms with Crippen LogP contribution < -0.4 is 10.6 Å². The number of ether oxygens (including phenoxy) is 1. The van der Waals surface area contributed by atoms with Crippen LogP contribution in [0.25, 0.3) is 22.0 Å². The van der Waals surface area contributed by atoms with Gasteiger partial charge >= 0.3 is 5.92 Å². The first-order valence-electron chi connectivity index (χ1n) is 16.7. The van der Waals surface area contributed by atoms with E-state index < -0.39 is 47.6 Å². The molecule has 2 fully saturated rings. The van der Waals surface area contributed by atoms with Crippen molar-refractivity contribution in [1.29, 1.82) is 0 Å². The van der Waals surface area contributed by atoms with Crippen molar-refractivity contribution in [1.82, 2.24) is 34.9 Å². The number of rotatable bonds is 4. The zero-order valence-electron chi connectivity index (χ0n) is 27.9. The SMILES string of the molecule is CC(=O)c1nn(CC(=O)N2[C@H]3C[C@@]4(CNC(=O)C(F)(F)CCCCOCc5ccc(Br)nc5NC3=O)C[C@@H]24)c2ccc(-c3cnc(C)nc3)cc12. The number of Topliss-reactive ketones (excluding diaryl/α,β-unsaturated/α-hetero) is 1.